The Hall–Kier alpha value is -2.90. The lowest BCUT2D eigenvalue weighted by molar-refractivity contribution is -0.140. The quantitative estimate of drug-likeness (QED) is 0.223. The molecule has 0 bridgehead atoms. The summed E-state index contributed by atoms with van der Waals surface area (Å²) < 4.78 is 10.5. The number of thiophene rings is 1. The Morgan fingerprint density at radius 3 is 2.66 bits per heavy atom. The summed E-state index contributed by atoms with van der Waals surface area (Å²) in [6.07, 6.45) is 2.24. The predicted molar refractivity (Wildman–Crippen MR) is 112 cm³/mol. The third-order valence-electron chi connectivity index (χ3n) is 4.60. The van der Waals surface area contributed by atoms with E-state index in [9.17, 15) is 14.7 Å². The predicted octanol–water partition coefficient (Wildman–Crippen LogP) is 3.77. The molecule has 1 aliphatic heterocycles. The molecule has 2 heterocycles. The highest BCUT2D eigenvalue weighted by atomic mass is 32.1. The molecule has 1 atom stereocenters. The van der Waals surface area contributed by atoms with Gasteiger partial charge in [0, 0.05) is 30.7 Å². The number of carbonyl (C=O) groups is 2. The van der Waals surface area contributed by atoms with Gasteiger partial charge in [-0.1, -0.05) is 18.7 Å². The van der Waals surface area contributed by atoms with Crippen LogP contribution in [0.3, 0.4) is 0 Å². The molecular formula is C22H23NO5S. The van der Waals surface area contributed by atoms with Crippen LogP contribution in [0.1, 0.15) is 22.9 Å². The lowest BCUT2D eigenvalue weighted by Gasteiger charge is -2.23. The first kappa shape index (κ1) is 20.8. The first-order valence-electron chi connectivity index (χ1n) is 9.23. The molecule has 29 heavy (non-hydrogen) atoms. The molecule has 3 rings (SSSR count). The number of carbonyl (C=O) groups excluding carboxylic acids is 2. The molecular weight excluding hydrogens is 390 g/mol. The van der Waals surface area contributed by atoms with E-state index in [0.29, 0.717) is 37.5 Å². The highest BCUT2D eigenvalue weighted by Gasteiger charge is 2.46. The molecule has 152 valence electrons. The average molecular weight is 413 g/mol. The number of hydrogen-bond acceptors (Lipinski definition) is 6. The SMILES string of the molecule is C=CCOc1ccc(C(O)=C2C(=O)C(=O)N(CCCOC)[C@H]2c2cccs2)cc1. The minimum Gasteiger partial charge on any atom is -0.507 e. The Morgan fingerprint density at radius 2 is 2.03 bits per heavy atom. The summed E-state index contributed by atoms with van der Waals surface area (Å²) in [6.45, 7) is 4.82. The van der Waals surface area contributed by atoms with Crippen LogP contribution in [0, 0.1) is 0 Å². The fourth-order valence-electron chi connectivity index (χ4n) is 3.25. The van der Waals surface area contributed by atoms with Crippen molar-refractivity contribution in [3.63, 3.8) is 0 Å². The van der Waals surface area contributed by atoms with Gasteiger partial charge in [-0.25, -0.2) is 0 Å². The number of ether oxygens (including phenoxy) is 2. The van der Waals surface area contributed by atoms with Gasteiger partial charge in [0.1, 0.15) is 18.1 Å². The molecule has 0 spiro atoms. The van der Waals surface area contributed by atoms with E-state index in [1.807, 2.05) is 17.5 Å². The Balaban J connectivity index is 1.98. The van der Waals surface area contributed by atoms with Crippen LogP contribution in [0.15, 0.2) is 60.0 Å². The summed E-state index contributed by atoms with van der Waals surface area (Å²) in [5, 5.41) is 12.8. The van der Waals surface area contributed by atoms with Gasteiger partial charge in [-0.3, -0.25) is 9.59 Å². The van der Waals surface area contributed by atoms with Crippen molar-refractivity contribution >= 4 is 28.8 Å². The molecule has 7 heteroatoms. The normalized spacial score (nSPS) is 18.2. The largest absolute Gasteiger partial charge is 0.507 e. The van der Waals surface area contributed by atoms with E-state index >= 15 is 0 Å². The first-order chi connectivity index (χ1) is 14.1. The zero-order chi connectivity index (χ0) is 20.8. The van der Waals surface area contributed by atoms with E-state index in [2.05, 4.69) is 6.58 Å². The second-order valence-corrected chi connectivity index (χ2v) is 7.46. The molecule has 1 fully saturated rings. The highest BCUT2D eigenvalue weighted by molar-refractivity contribution is 7.10. The van der Waals surface area contributed by atoms with Crippen molar-refractivity contribution in [2.45, 2.75) is 12.5 Å². The maximum atomic E-state index is 12.8. The van der Waals surface area contributed by atoms with Crippen molar-refractivity contribution in [1.82, 2.24) is 4.90 Å². The van der Waals surface area contributed by atoms with E-state index in [1.54, 1.807) is 37.5 Å². The number of Topliss-reactive ketones (excluding diaryl/α,β-unsaturated/α-hetero) is 1. The maximum absolute atomic E-state index is 12.8. The fraction of sp³-hybridized carbons (Fsp3) is 0.273. The number of aliphatic hydroxyl groups is 1. The summed E-state index contributed by atoms with van der Waals surface area (Å²) in [7, 11) is 1.59. The summed E-state index contributed by atoms with van der Waals surface area (Å²) >= 11 is 1.44. The van der Waals surface area contributed by atoms with Gasteiger partial charge in [0.05, 0.1) is 11.6 Å². The fourth-order valence-corrected chi connectivity index (χ4v) is 4.10. The number of ketones is 1. The van der Waals surface area contributed by atoms with Crippen LogP contribution < -0.4 is 4.74 Å². The molecule has 0 saturated carbocycles. The van der Waals surface area contributed by atoms with Crippen molar-refractivity contribution in [3.05, 3.63) is 70.4 Å². The van der Waals surface area contributed by atoms with E-state index in [1.165, 1.54) is 16.2 Å². The second kappa shape index (κ2) is 9.54. The van der Waals surface area contributed by atoms with Crippen LogP contribution in [0.25, 0.3) is 5.76 Å². The number of hydrogen-bond donors (Lipinski definition) is 1. The molecule has 1 N–H and O–H groups in total. The first-order valence-corrected chi connectivity index (χ1v) is 10.1. The van der Waals surface area contributed by atoms with Crippen molar-refractivity contribution in [2.24, 2.45) is 0 Å². The van der Waals surface area contributed by atoms with Crippen LogP contribution in [-0.2, 0) is 14.3 Å². The van der Waals surface area contributed by atoms with Crippen molar-refractivity contribution in [2.75, 3.05) is 26.9 Å². The summed E-state index contributed by atoms with van der Waals surface area (Å²) in [5.41, 5.74) is 0.557. The van der Waals surface area contributed by atoms with Gasteiger partial charge in [0.15, 0.2) is 0 Å². The van der Waals surface area contributed by atoms with Gasteiger partial charge < -0.3 is 19.5 Å². The van der Waals surface area contributed by atoms with Crippen LogP contribution in [-0.4, -0.2) is 48.6 Å². The Labute approximate surface area is 173 Å². The molecule has 1 aromatic heterocycles. The third kappa shape index (κ3) is 4.41. The number of likely N-dealkylation sites (tertiary alicyclic amines) is 1. The molecule has 2 aromatic rings. The molecule has 1 aliphatic rings. The van der Waals surface area contributed by atoms with Gasteiger partial charge >= 0.3 is 0 Å². The van der Waals surface area contributed by atoms with E-state index in [-0.39, 0.29) is 11.3 Å². The molecule has 0 aliphatic carbocycles. The molecule has 0 radical (unpaired) electrons. The third-order valence-corrected chi connectivity index (χ3v) is 5.52. The molecule has 6 nitrogen and oxygen atoms in total. The zero-order valence-electron chi connectivity index (χ0n) is 16.2. The standard InChI is InChI=1S/C22H23NO5S/c1-3-12-28-16-9-7-15(8-10-16)20(24)18-19(17-6-4-14-29-17)23(11-5-13-27-2)22(26)21(18)25/h3-4,6-10,14,19,24H,1,5,11-13H2,2H3/t19-/m0/s1. The molecule has 1 aromatic carbocycles. The zero-order valence-corrected chi connectivity index (χ0v) is 17.0. The van der Waals surface area contributed by atoms with Crippen LogP contribution >= 0.6 is 11.3 Å². The lowest BCUT2D eigenvalue weighted by Crippen LogP contribution is -2.31. The Morgan fingerprint density at radius 1 is 1.28 bits per heavy atom. The minimum atomic E-state index is -0.676. The van der Waals surface area contributed by atoms with E-state index in [0.717, 1.165) is 4.88 Å². The smallest absolute Gasteiger partial charge is 0.295 e. The number of rotatable bonds is 9. The second-order valence-electron chi connectivity index (χ2n) is 6.48. The monoisotopic (exact) mass is 413 g/mol. The van der Waals surface area contributed by atoms with Crippen molar-refractivity contribution in [3.8, 4) is 5.75 Å². The number of amides is 1. The van der Waals surface area contributed by atoms with E-state index in [4.69, 9.17) is 9.47 Å². The Kier molecular flexibility index (Phi) is 6.85. The van der Waals surface area contributed by atoms with Crippen molar-refractivity contribution < 1.29 is 24.2 Å². The maximum Gasteiger partial charge on any atom is 0.295 e. The average Bonchev–Trinajstić information content (AvgIpc) is 3.35. The number of aliphatic hydroxyl groups excluding tert-OH is 1. The van der Waals surface area contributed by atoms with Gasteiger partial charge in [0.2, 0.25) is 0 Å². The lowest BCUT2D eigenvalue weighted by atomic mass is 10.00. The highest BCUT2D eigenvalue weighted by Crippen LogP contribution is 2.41. The van der Waals surface area contributed by atoms with E-state index < -0.39 is 17.7 Å². The topological polar surface area (TPSA) is 76.1 Å². The number of nitrogens with zero attached hydrogens (tertiary/aromatic N) is 1. The molecule has 1 saturated heterocycles. The number of methoxy groups -OCH3 is 1. The van der Waals surface area contributed by atoms with Gasteiger partial charge in [-0.15, -0.1) is 11.3 Å². The summed E-state index contributed by atoms with van der Waals surface area (Å²) in [5.74, 6) is -0.847. The molecule has 0 unspecified atom stereocenters. The van der Waals surface area contributed by atoms with Crippen LogP contribution in [0.2, 0.25) is 0 Å². The van der Waals surface area contributed by atoms with Crippen LogP contribution in [0.5, 0.6) is 5.75 Å². The van der Waals surface area contributed by atoms with Gasteiger partial charge in [-0.05, 0) is 42.1 Å². The molecule has 1 amide bonds. The summed E-state index contributed by atoms with van der Waals surface area (Å²) in [4.78, 5) is 27.8. The van der Waals surface area contributed by atoms with Crippen LogP contribution in [0.4, 0.5) is 0 Å². The minimum absolute atomic E-state index is 0.106. The van der Waals surface area contributed by atoms with Gasteiger partial charge in [-0.2, -0.15) is 0 Å². The Bertz CT molecular complexity index is 902. The summed E-state index contributed by atoms with van der Waals surface area (Å²) in [6, 6.07) is 9.85. The number of benzene rings is 1. The van der Waals surface area contributed by atoms with Gasteiger partial charge in [0.25, 0.3) is 11.7 Å². The van der Waals surface area contributed by atoms with Crippen molar-refractivity contribution in [1.29, 1.82) is 0 Å².